The first kappa shape index (κ1) is 23.7. The molecule has 1 amide bonds. The fraction of sp³-hybridized carbons (Fsp3) is 0.0833. The van der Waals surface area contributed by atoms with Crippen LogP contribution in [0.2, 0.25) is 0 Å². The number of fused-ring (bicyclic) bond motifs is 1. The number of para-hydroxylation sites is 1. The first-order chi connectivity index (χ1) is 16.7. The van der Waals surface area contributed by atoms with Crippen molar-refractivity contribution in [3.63, 3.8) is 0 Å². The van der Waals surface area contributed by atoms with Gasteiger partial charge in [-0.2, -0.15) is 5.26 Å². The quantitative estimate of drug-likeness (QED) is 0.417. The average molecular weight is 493 g/mol. The molecule has 0 fully saturated rings. The molecule has 3 aromatic carbocycles. The topological polar surface area (TPSA) is 125 Å². The summed E-state index contributed by atoms with van der Waals surface area (Å²) >= 11 is 0. The third-order valence-corrected chi connectivity index (χ3v) is 6.56. The minimum atomic E-state index is -4.26. The van der Waals surface area contributed by atoms with Crippen molar-refractivity contribution < 1.29 is 22.0 Å². The van der Waals surface area contributed by atoms with E-state index in [1.54, 1.807) is 6.07 Å². The number of rotatable bonds is 6. The fourth-order valence-electron chi connectivity index (χ4n) is 3.48. The second-order valence-corrected chi connectivity index (χ2v) is 9.17. The molecule has 1 aromatic heterocycles. The van der Waals surface area contributed by atoms with E-state index in [0.717, 1.165) is 6.07 Å². The van der Waals surface area contributed by atoms with Gasteiger partial charge in [0.2, 0.25) is 0 Å². The summed E-state index contributed by atoms with van der Waals surface area (Å²) < 4.78 is 56.2. The smallest absolute Gasteiger partial charge is 0.264 e. The Balaban J connectivity index is 1.69. The van der Waals surface area contributed by atoms with Crippen LogP contribution in [0.3, 0.4) is 0 Å². The number of anilines is 1. The van der Waals surface area contributed by atoms with Crippen LogP contribution in [0.25, 0.3) is 11.0 Å². The maximum absolute atomic E-state index is 14.1. The number of nitrogens with zero attached hydrogens (tertiary/aromatic N) is 3. The van der Waals surface area contributed by atoms with Gasteiger partial charge in [0, 0.05) is 24.0 Å². The SMILES string of the molecule is C[C@@H](NC(=O)c1ccc(C#N)cc1NS(=O)(=O)c1cccc2nccnc12)c1ccc(F)cc1F. The molecule has 8 nitrogen and oxygen atoms in total. The van der Waals surface area contributed by atoms with Crippen LogP contribution in [-0.4, -0.2) is 24.3 Å². The number of benzene rings is 3. The molecular formula is C24H17F2N5O3S. The van der Waals surface area contributed by atoms with Crippen molar-refractivity contribution in [2.75, 3.05) is 4.72 Å². The number of hydrogen-bond acceptors (Lipinski definition) is 6. The Labute approximate surface area is 199 Å². The van der Waals surface area contributed by atoms with Crippen molar-refractivity contribution >= 4 is 32.7 Å². The maximum Gasteiger partial charge on any atom is 0.264 e. The van der Waals surface area contributed by atoms with Gasteiger partial charge in [0.1, 0.15) is 22.0 Å². The van der Waals surface area contributed by atoms with Crippen LogP contribution in [0.15, 0.2) is 71.9 Å². The number of amides is 1. The molecule has 4 rings (SSSR count). The van der Waals surface area contributed by atoms with E-state index in [0.29, 0.717) is 11.6 Å². The molecule has 1 heterocycles. The molecule has 11 heteroatoms. The first-order valence-electron chi connectivity index (χ1n) is 10.2. The summed E-state index contributed by atoms with van der Waals surface area (Å²) in [6, 6.07) is 12.3. The molecule has 0 saturated carbocycles. The summed E-state index contributed by atoms with van der Waals surface area (Å²) in [5, 5.41) is 11.8. The lowest BCUT2D eigenvalue weighted by Gasteiger charge is -2.18. The molecule has 176 valence electrons. The van der Waals surface area contributed by atoms with Crippen LogP contribution in [0, 0.1) is 23.0 Å². The normalized spacial score (nSPS) is 12.1. The highest BCUT2D eigenvalue weighted by atomic mass is 32.2. The van der Waals surface area contributed by atoms with Crippen LogP contribution in [-0.2, 0) is 10.0 Å². The summed E-state index contributed by atoms with van der Waals surface area (Å²) in [7, 11) is -4.26. The lowest BCUT2D eigenvalue weighted by atomic mass is 10.1. The van der Waals surface area contributed by atoms with Crippen LogP contribution in [0.4, 0.5) is 14.5 Å². The van der Waals surface area contributed by atoms with E-state index in [4.69, 9.17) is 0 Å². The van der Waals surface area contributed by atoms with E-state index >= 15 is 0 Å². The Kier molecular flexibility index (Phi) is 6.40. The number of carbonyl (C=O) groups is 1. The largest absolute Gasteiger partial charge is 0.345 e. The number of carbonyl (C=O) groups excluding carboxylic acids is 1. The van der Waals surface area contributed by atoms with Gasteiger partial charge in [-0.15, -0.1) is 0 Å². The summed E-state index contributed by atoms with van der Waals surface area (Å²) in [5.74, 6) is -2.33. The predicted octanol–water partition coefficient (Wildman–Crippen LogP) is 4.07. The van der Waals surface area contributed by atoms with E-state index in [2.05, 4.69) is 20.0 Å². The summed E-state index contributed by atoms with van der Waals surface area (Å²) in [6.45, 7) is 1.50. The molecule has 0 spiro atoms. The number of hydrogen-bond donors (Lipinski definition) is 2. The van der Waals surface area contributed by atoms with E-state index in [9.17, 15) is 27.3 Å². The van der Waals surface area contributed by atoms with Gasteiger partial charge in [0.25, 0.3) is 15.9 Å². The molecule has 0 radical (unpaired) electrons. The van der Waals surface area contributed by atoms with Gasteiger partial charge >= 0.3 is 0 Å². The Morgan fingerprint density at radius 1 is 1.06 bits per heavy atom. The Hall–Kier alpha value is -4.43. The Morgan fingerprint density at radius 3 is 2.57 bits per heavy atom. The molecule has 0 saturated heterocycles. The first-order valence-corrected chi connectivity index (χ1v) is 11.7. The van der Waals surface area contributed by atoms with Crippen molar-refractivity contribution in [1.29, 1.82) is 5.26 Å². The highest BCUT2D eigenvalue weighted by Crippen LogP contribution is 2.26. The monoisotopic (exact) mass is 493 g/mol. The number of halogens is 2. The number of nitrogens with one attached hydrogen (secondary N) is 2. The fourth-order valence-corrected chi connectivity index (χ4v) is 4.72. The number of aromatic nitrogens is 2. The number of sulfonamides is 1. The van der Waals surface area contributed by atoms with Crippen LogP contribution in [0.1, 0.15) is 34.5 Å². The molecule has 0 aliphatic heterocycles. The van der Waals surface area contributed by atoms with E-state index in [1.165, 1.54) is 55.7 Å². The molecule has 0 aliphatic rings. The van der Waals surface area contributed by atoms with Crippen molar-refractivity contribution in [3.05, 3.63) is 95.3 Å². The second kappa shape index (κ2) is 9.44. The molecule has 4 aromatic rings. The lowest BCUT2D eigenvalue weighted by molar-refractivity contribution is 0.0940. The van der Waals surface area contributed by atoms with E-state index in [-0.39, 0.29) is 32.8 Å². The van der Waals surface area contributed by atoms with Gasteiger partial charge < -0.3 is 5.32 Å². The Morgan fingerprint density at radius 2 is 1.83 bits per heavy atom. The molecule has 0 unspecified atom stereocenters. The number of nitriles is 1. The zero-order chi connectivity index (χ0) is 25.2. The minimum Gasteiger partial charge on any atom is -0.345 e. The van der Waals surface area contributed by atoms with Gasteiger partial charge in [-0.1, -0.05) is 12.1 Å². The molecule has 1 atom stereocenters. The van der Waals surface area contributed by atoms with E-state index in [1.807, 2.05) is 6.07 Å². The van der Waals surface area contributed by atoms with Crippen molar-refractivity contribution in [2.24, 2.45) is 0 Å². The molecular weight excluding hydrogens is 476 g/mol. The Bertz CT molecular complexity index is 1600. The van der Waals surface area contributed by atoms with Gasteiger partial charge in [0.15, 0.2) is 0 Å². The second-order valence-electron chi connectivity index (χ2n) is 7.52. The standard InChI is InChI=1S/C24H17F2N5O3S/c1-14(17-8-6-16(25)12-19(17)26)30-24(32)18-7-5-15(13-27)11-21(18)31-35(33,34)22-4-2-3-20-23(22)29-10-9-28-20/h2-12,14,31H,1H3,(H,30,32)/t14-/m1/s1. The van der Waals surface area contributed by atoms with Gasteiger partial charge in [-0.25, -0.2) is 17.2 Å². The summed E-state index contributed by atoms with van der Waals surface area (Å²) in [6.07, 6.45) is 2.78. The molecule has 0 aliphatic carbocycles. The van der Waals surface area contributed by atoms with Gasteiger partial charge in [0.05, 0.1) is 34.4 Å². The lowest BCUT2D eigenvalue weighted by Crippen LogP contribution is -2.28. The third-order valence-electron chi connectivity index (χ3n) is 5.17. The molecule has 35 heavy (non-hydrogen) atoms. The zero-order valence-electron chi connectivity index (χ0n) is 18.2. The average Bonchev–Trinajstić information content (AvgIpc) is 2.83. The highest BCUT2D eigenvalue weighted by Gasteiger charge is 2.23. The minimum absolute atomic E-state index is 0.0462. The molecule has 2 N–H and O–H groups in total. The van der Waals surface area contributed by atoms with E-state index < -0.39 is 33.6 Å². The van der Waals surface area contributed by atoms with Crippen molar-refractivity contribution in [3.8, 4) is 6.07 Å². The van der Waals surface area contributed by atoms with Gasteiger partial charge in [-0.05, 0) is 43.3 Å². The van der Waals surface area contributed by atoms with Crippen LogP contribution in [0.5, 0.6) is 0 Å². The van der Waals surface area contributed by atoms with Crippen molar-refractivity contribution in [2.45, 2.75) is 17.9 Å². The third kappa shape index (κ3) is 4.92. The van der Waals surface area contributed by atoms with Crippen LogP contribution < -0.4 is 10.0 Å². The molecule has 0 bridgehead atoms. The van der Waals surface area contributed by atoms with Gasteiger partial charge in [-0.3, -0.25) is 19.5 Å². The zero-order valence-corrected chi connectivity index (χ0v) is 19.0. The van der Waals surface area contributed by atoms with Crippen LogP contribution >= 0.6 is 0 Å². The van der Waals surface area contributed by atoms with Crippen molar-refractivity contribution in [1.82, 2.24) is 15.3 Å². The maximum atomic E-state index is 14.1. The highest BCUT2D eigenvalue weighted by molar-refractivity contribution is 7.93. The predicted molar refractivity (Wildman–Crippen MR) is 124 cm³/mol. The summed E-state index contributed by atoms with van der Waals surface area (Å²) in [5.41, 5.74) is 0.376. The summed E-state index contributed by atoms with van der Waals surface area (Å²) in [4.78, 5) is 21.0.